The molecule has 0 aromatic heterocycles. The number of rotatable bonds is 4. The van der Waals surface area contributed by atoms with E-state index >= 15 is 0 Å². The van der Waals surface area contributed by atoms with Crippen LogP contribution in [-0.2, 0) is 17.5 Å². The van der Waals surface area contributed by atoms with Gasteiger partial charge in [-0.15, -0.1) is 0 Å². The summed E-state index contributed by atoms with van der Waals surface area (Å²) in [5, 5.41) is 2.91. The summed E-state index contributed by atoms with van der Waals surface area (Å²) >= 11 is 0. The monoisotopic (exact) mass is 310 g/mol. The first-order valence-corrected chi connectivity index (χ1v) is 7.20. The van der Waals surface area contributed by atoms with Crippen LogP contribution in [0.15, 0.2) is 36.9 Å². The quantitative estimate of drug-likeness (QED) is 0.866. The predicted molar refractivity (Wildman–Crippen MR) is 75.8 cm³/mol. The van der Waals surface area contributed by atoms with Crippen LogP contribution < -0.4 is 5.32 Å². The first-order valence-electron chi connectivity index (χ1n) is 7.20. The third kappa shape index (κ3) is 3.02. The average molecular weight is 310 g/mol. The molecule has 6 heteroatoms. The van der Waals surface area contributed by atoms with E-state index in [1.165, 1.54) is 18.2 Å². The van der Waals surface area contributed by atoms with Crippen LogP contribution in [-0.4, -0.2) is 29.9 Å². The fraction of sp³-hybridized carbons (Fsp3) is 0.438. The van der Waals surface area contributed by atoms with Crippen LogP contribution in [0, 0.1) is 11.8 Å². The highest BCUT2D eigenvalue weighted by Crippen LogP contribution is 2.45. The molecule has 1 aromatic carbocycles. The van der Waals surface area contributed by atoms with Crippen molar-refractivity contribution >= 4 is 5.91 Å². The molecule has 0 radical (unpaired) electrons. The van der Waals surface area contributed by atoms with Gasteiger partial charge in [0.05, 0.1) is 5.56 Å². The molecule has 0 spiro atoms. The zero-order chi connectivity index (χ0) is 15.9. The Balaban J connectivity index is 1.51. The van der Waals surface area contributed by atoms with E-state index in [-0.39, 0.29) is 11.9 Å². The summed E-state index contributed by atoms with van der Waals surface area (Å²) in [5.74, 6) is 0.769. The van der Waals surface area contributed by atoms with E-state index < -0.39 is 11.7 Å². The van der Waals surface area contributed by atoms with Gasteiger partial charge in [-0.3, -0.25) is 9.69 Å². The van der Waals surface area contributed by atoms with Crippen molar-refractivity contribution in [2.24, 2.45) is 11.8 Å². The minimum absolute atomic E-state index is 0.145. The molecule has 0 bridgehead atoms. The third-order valence-corrected chi connectivity index (χ3v) is 4.45. The largest absolute Gasteiger partial charge is 0.416 e. The number of carbonyl (C=O) groups excluding carboxylic acids is 1. The number of nitrogens with zero attached hydrogens (tertiary/aromatic N) is 1. The Hall–Kier alpha value is -1.82. The van der Waals surface area contributed by atoms with Gasteiger partial charge in [-0.05, 0) is 35.6 Å². The summed E-state index contributed by atoms with van der Waals surface area (Å²) < 4.78 is 37.5. The minimum Gasteiger partial charge on any atom is -0.349 e. The van der Waals surface area contributed by atoms with Crippen molar-refractivity contribution in [1.29, 1.82) is 0 Å². The molecule has 1 amide bonds. The fourth-order valence-corrected chi connectivity index (χ4v) is 3.24. The van der Waals surface area contributed by atoms with Gasteiger partial charge >= 0.3 is 6.18 Å². The number of piperidine rings is 1. The third-order valence-electron chi connectivity index (χ3n) is 4.45. The SMILES string of the molecule is C=CC(=O)N[C@@H]1[C@@H]2CN(Cc3ccc(C(F)(F)F)cc3)C[C@@H]21. The van der Waals surface area contributed by atoms with Gasteiger partial charge in [-0.1, -0.05) is 18.7 Å². The van der Waals surface area contributed by atoms with E-state index in [1.54, 1.807) is 0 Å². The maximum Gasteiger partial charge on any atom is 0.416 e. The van der Waals surface area contributed by atoms with Gasteiger partial charge in [-0.2, -0.15) is 13.2 Å². The van der Waals surface area contributed by atoms with Crippen LogP contribution in [0.1, 0.15) is 11.1 Å². The summed E-state index contributed by atoms with van der Waals surface area (Å²) in [6.45, 7) is 5.81. The van der Waals surface area contributed by atoms with E-state index in [0.717, 1.165) is 30.8 Å². The van der Waals surface area contributed by atoms with E-state index in [2.05, 4.69) is 16.8 Å². The van der Waals surface area contributed by atoms with E-state index in [9.17, 15) is 18.0 Å². The molecule has 1 saturated carbocycles. The normalized spacial score (nSPS) is 27.3. The second-order valence-corrected chi connectivity index (χ2v) is 5.95. The molecule has 118 valence electrons. The topological polar surface area (TPSA) is 32.3 Å². The van der Waals surface area contributed by atoms with E-state index in [4.69, 9.17) is 0 Å². The lowest BCUT2D eigenvalue weighted by atomic mass is 10.1. The summed E-state index contributed by atoms with van der Waals surface area (Å²) in [6.07, 6.45) is -3.02. The van der Waals surface area contributed by atoms with E-state index in [1.807, 2.05) is 0 Å². The maximum atomic E-state index is 12.5. The molecule has 1 aromatic rings. The fourth-order valence-electron chi connectivity index (χ4n) is 3.24. The summed E-state index contributed by atoms with van der Waals surface area (Å²) in [6, 6.07) is 5.54. The number of amides is 1. The Morgan fingerprint density at radius 3 is 2.36 bits per heavy atom. The van der Waals surface area contributed by atoms with Gasteiger partial charge in [0.1, 0.15) is 0 Å². The van der Waals surface area contributed by atoms with Crippen molar-refractivity contribution in [2.75, 3.05) is 13.1 Å². The number of fused-ring (bicyclic) bond motifs is 1. The molecule has 3 atom stereocenters. The molecule has 1 saturated heterocycles. The predicted octanol–water partition coefficient (Wildman–Crippen LogP) is 2.44. The van der Waals surface area contributed by atoms with Crippen molar-refractivity contribution in [3.05, 3.63) is 48.0 Å². The molecular formula is C16H17F3N2O. The van der Waals surface area contributed by atoms with Crippen LogP contribution in [0.3, 0.4) is 0 Å². The lowest BCUT2D eigenvalue weighted by Crippen LogP contribution is -2.33. The van der Waals surface area contributed by atoms with Gasteiger partial charge in [0.2, 0.25) is 5.91 Å². The molecule has 2 aliphatic rings. The summed E-state index contributed by atoms with van der Waals surface area (Å²) in [4.78, 5) is 13.5. The van der Waals surface area contributed by atoms with Crippen LogP contribution in [0.5, 0.6) is 0 Å². The van der Waals surface area contributed by atoms with Gasteiger partial charge < -0.3 is 5.32 Å². The Morgan fingerprint density at radius 1 is 1.27 bits per heavy atom. The van der Waals surface area contributed by atoms with Crippen molar-refractivity contribution in [3.63, 3.8) is 0 Å². The Bertz CT molecular complexity index is 570. The van der Waals surface area contributed by atoms with Crippen molar-refractivity contribution in [3.8, 4) is 0 Å². The van der Waals surface area contributed by atoms with Crippen molar-refractivity contribution in [1.82, 2.24) is 10.2 Å². The van der Waals surface area contributed by atoms with Crippen LogP contribution in [0.2, 0.25) is 0 Å². The second kappa shape index (κ2) is 5.43. The van der Waals surface area contributed by atoms with Gasteiger partial charge in [0, 0.05) is 25.7 Å². The average Bonchev–Trinajstić information content (AvgIpc) is 2.92. The van der Waals surface area contributed by atoms with Gasteiger partial charge in [-0.25, -0.2) is 0 Å². The van der Waals surface area contributed by atoms with Crippen LogP contribution in [0.4, 0.5) is 13.2 Å². The number of hydrogen-bond donors (Lipinski definition) is 1. The smallest absolute Gasteiger partial charge is 0.349 e. The summed E-state index contributed by atoms with van der Waals surface area (Å²) in [7, 11) is 0. The van der Waals surface area contributed by atoms with Crippen LogP contribution >= 0.6 is 0 Å². The lowest BCUT2D eigenvalue weighted by molar-refractivity contribution is -0.137. The number of hydrogen-bond acceptors (Lipinski definition) is 2. The Labute approximate surface area is 126 Å². The molecule has 3 rings (SSSR count). The zero-order valence-electron chi connectivity index (χ0n) is 11.9. The number of carbonyl (C=O) groups is 1. The van der Waals surface area contributed by atoms with Gasteiger partial charge in [0.25, 0.3) is 0 Å². The molecule has 1 heterocycles. The number of likely N-dealkylation sites (tertiary alicyclic amines) is 1. The molecule has 1 N–H and O–H groups in total. The highest BCUT2D eigenvalue weighted by atomic mass is 19.4. The Kier molecular flexibility index (Phi) is 3.72. The second-order valence-electron chi connectivity index (χ2n) is 5.95. The number of halogens is 3. The van der Waals surface area contributed by atoms with Crippen molar-refractivity contribution < 1.29 is 18.0 Å². The molecular weight excluding hydrogens is 293 g/mol. The highest BCUT2D eigenvalue weighted by molar-refractivity contribution is 5.87. The number of benzene rings is 1. The zero-order valence-corrected chi connectivity index (χ0v) is 11.9. The molecule has 0 unspecified atom stereocenters. The lowest BCUT2D eigenvalue weighted by Gasteiger charge is -2.20. The standard InChI is InChI=1S/C16H17F3N2O/c1-2-14(22)20-15-12-8-21(9-13(12)15)7-10-3-5-11(6-4-10)16(17,18)19/h2-6,12-13,15H,1,7-9H2,(H,20,22)/t12-,13+,15-. The maximum absolute atomic E-state index is 12.5. The summed E-state index contributed by atoms with van der Waals surface area (Å²) in [5.41, 5.74) is 0.258. The van der Waals surface area contributed by atoms with Gasteiger partial charge in [0.15, 0.2) is 0 Å². The number of alkyl halides is 3. The first-order chi connectivity index (χ1) is 10.4. The number of nitrogens with one attached hydrogen (secondary N) is 1. The molecule has 22 heavy (non-hydrogen) atoms. The van der Waals surface area contributed by atoms with Crippen LogP contribution in [0.25, 0.3) is 0 Å². The molecule has 1 aliphatic heterocycles. The molecule has 2 fully saturated rings. The molecule has 1 aliphatic carbocycles. The first kappa shape index (κ1) is 15.1. The highest BCUT2D eigenvalue weighted by Gasteiger charge is 2.56. The molecule has 3 nitrogen and oxygen atoms in total. The minimum atomic E-state index is -4.29. The Morgan fingerprint density at radius 2 is 1.86 bits per heavy atom. The van der Waals surface area contributed by atoms with Crippen molar-refractivity contribution in [2.45, 2.75) is 18.8 Å². The van der Waals surface area contributed by atoms with E-state index in [0.29, 0.717) is 18.4 Å².